The van der Waals surface area contributed by atoms with E-state index < -0.39 is 0 Å². The molecule has 2 aromatic rings. The summed E-state index contributed by atoms with van der Waals surface area (Å²) in [7, 11) is 1.60. The molecule has 1 heterocycles. The number of rotatable bonds is 4. The van der Waals surface area contributed by atoms with Gasteiger partial charge in [0.25, 0.3) is 0 Å². The summed E-state index contributed by atoms with van der Waals surface area (Å²) in [4.78, 5) is 22.6. The zero-order valence-corrected chi connectivity index (χ0v) is 9.60. The van der Waals surface area contributed by atoms with Crippen molar-refractivity contribution >= 4 is 17.0 Å². The lowest BCUT2D eigenvalue weighted by molar-refractivity contribution is -0.120. The van der Waals surface area contributed by atoms with Crippen LogP contribution in [0.25, 0.3) is 11.1 Å². The second-order valence-electron chi connectivity index (χ2n) is 3.76. The smallest absolute Gasteiger partial charge is 0.408 e. The molecular formula is C12H14N2O3. The van der Waals surface area contributed by atoms with Crippen LogP contribution in [0.3, 0.4) is 0 Å². The minimum absolute atomic E-state index is 0.0224. The number of carbonyl (C=O) groups excluding carboxylic acids is 1. The first kappa shape index (κ1) is 11.4. The van der Waals surface area contributed by atoms with Crippen LogP contribution >= 0.6 is 0 Å². The number of aromatic nitrogens is 1. The van der Waals surface area contributed by atoms with Crippen molar-refractivity contribution in [2.45, 2.75) is 19.4 Å². The molecular weight excluding hydrogens is 220 g/mol. The SMILES string of the molecule is CNC(=O)CCCn1c(=O)oc2ccccc21. The van der Waals surface area contributed by atoms with Gasteiger partial charge in [-0.05, 0) is 18.6 Å². The molecule has 1 amide bonds. The van der Waals surface area contributed by atoms with Crippen LogP contribution in [0.5, 0.6) is 0 Å². The molecule has 0 bridgehead atoms. The van der Waals surface area contributed by atoms with Crippen LogP contribution in [-0.4, -0.2) is 17.5 Å². The second-order valence-corrected chi connectivity index (χ2v) is 3.76. The third kappa shape index (κ3) is 2.38. The summed E-state index contributed by atoms with van der Waals surface area (Å²) in [6.07, 6.45) is 1.02. The van der Waals surface area contributed by atoms with Gasteiger partial charge < -0.3 is 9.73 Å². The number of nitrogens with zero attached hydrogens (tertiary/aromatic N) is 1. The first-order valence-electron chi connectivity index (χ1n) is 5.51. The number of nitrogens with one attached hydrogen (secondary N) is 1. The highest BCUT2D eigenvalue weighted by Crippen LogP contribution is 2.12. The van der Waals surface area contributed by atoms with Gasteiger partial charge in [0.1, 0.15) is 0 Å². The number of amides is 1. The van der Waals surface area contributed by atoms with Crippen molar-refractivity contribution < 1.29 is 9.21 Å². The van der Waals surface area contributed by atoms with E-state index in [1.165, 1.54) is 0 Å². The summed E-state index contributed by atoms with van der Waals surface area (Å²) in [6, 6.07) is 7.26. The maximum Gasteiger partial charge on any atom is 0.419 e. The molecule has 0 aliphatic carbocycles. The Bertz CT molecular complexity index is 583. The summed E-state index contributed by atoms with van der Waals surface area (Å²) < 4.78 is 6.64. The third-order valence-electron chi connectivity index (χ3n) is 2.64. The average molecular weight is 234 g/mol. The quantitative estimate of drug-likeness (QED) is 0.862. The van der Waals surface area contributed by atoms with Crippen LogP contribution in [0.2, 0.25) is 0 Å². The van der Waals surface area contributed by atoms with Crippen LogP contribution in [0.1, 0.15) is 12.8 Å². The third-order valence-corrected chi connectivity index (χ3v) is 2.64. The summed E-state index contributed by atoms with van der Waals surface area (Å²) in [5.41, 5.74) is 1.35. The van der Waals surface area contributed by atoms with Gasteiger partial charge in [-0.25, -0.2) is 4.79 Å². The van der Waals surface area contributed by atoms with Crippen molar-refractivity contribution in [1.29, 1.82) is 0 Å². The molecule has 90 valence electrons. The Hall–Kier alpha value is -2.04. The highest BCUT2D eigenvalue weighted by atomic mass is 16.4. The lowest BCUT2D eigenvalue weighted by Crippen LogP contribution is -2.19. The zero-order chi connectivity index (χ0) is 12.3. The Morgan fingerprint density at radius 1 is 1.41 bits per heavy atom. The molecule has 0 fully saturated rings. The number of hydrogen-bond donors (Lipinski definition) is 1. The average Bonchev–Trinajstić information content (AvgIpc) is 2.66. The van der Waals surface area contributed by atoms with Gasteiger partial charge in [0.15, 0.2) is 5.58 Å². The van der Waals surface area contributed by atoms with Crippen LogP contribution in [-0.2, 0) is 11.3 Å². The van der Waals surface area contributed by atoms with E-state index in [2.05, 4.69) is 5.32 Å². The van der Waals surface area contributed by atoms with Gasteiger partial charge in [-0.3, -0.25) is 9.36 Å². The van der Waals surface area contributed by atoms with E-state index in [0.717, 1.165) is 5.52 Å². The van der Waals surface area contributed by atoms with E-state index in [0.29, 0.717) is 25.0 Å². The molecule has 1 aromatic heterocycles. The van der Waals surface area contributed by atoms with Crippen molar-refractivity contribution in [3.8, 4) is 0 Å². The number of aryl methyl sites for hydroxylation is 1. The monoisotopic (exact) mass is 234 g/mol. The predicted molar refractivity (Wildman–Crippen MR) is 63.8 cm³/mol. The first-order valence-corrected chi connectivity index (χ1v) is 5.51. The lowest BCUT2D eigenvalue weighted by atomic mass is 10.3. The van der Waals surface area contributed by atoms with Crippen molar-refractivity contribution in [3.63, 3.8) is 0 Å². The number of para-hydroxylation sites is 2. The van der Waals surface area contributed by atoms with Gasteiger partial charge >= 0.3 is 5.76 Å². The Morgan fingerprint density at radius 2 is 2.18 bits per heavy atom. The van der Waals surface area contributed by atoms with E-state index in [1.54, 1.807) is 17.7 Å². The highest BCUT2D eigenvalue weighted by Gasteiger charge is 2.08. The first-order chi connectivity index (χ1) is 8.22. The molecule has 0 unspecified atom stereocenters. The van der Waals surface area contributed by atoms with Crippen LogP contribution in [0.15, 0.2) is 33.5 Å². The minimum Gasteiger partial charge on any atom is -0.408 e. The van der Waals surface area contributed by atoms with E-state index in [9.17, 15) is 9.59 Å². The Labute approximate surface area is 98.0 Å². The molecule has 5 nitrogen and oxygen atoms in total. The molecule has 0 aliphatic rings. The fourth-order valence-electron chi connectivity index (χ4n) is 1.75. The van der Waals surface area contributed by atoms with Crippen LogP contribution in [0.4, 0.5) is 0 Å². The summed E-state index contributed by atoms with van der Waals surface area (Å²) >= 11 is 0. The highest BCUT2D eigenvalue weighted by molar-refractivity contribution is 5.75. The lowest BCUT2D eigenvalue weighted by Gasteiger charge is -2.01. The molecule has 0 spiro atoms. The summed E-state index contributed by atoms with van der Waals surface area (Å²) in [5.74, 6) is -0.394. The Balaban J connectivity index is 2.15. The normalized spacial score (nSPS) is 10.6. The molecule has 1 aromatic carbocycles. The predicted octanol–water partition coefficient (Wildman–Crippen LogP) is 1.12. The number of hydrogen-bond acceptors (Lipinski definition) is 3. The number of carbonyl (C=O) groups is 1. The molecule has 2 rings (SSSR count). The van der Waals surface area contributed by atoms with E-state index >= 15 is 0 Å². The number of benzene rings is 1. The molecule has 0 saturated carbocycles. The van der Waals surface area contributed by atoms with Gasteiger partial charge in [0.05, 0.1) is 5.52 Å². The summed E-state index contributed by atoms with van der Waals surface area (Å²) in [6.45, 7) is 0.489. The van der Waals surface area contributed by atoms with Gasteiger partial charge in [-0.1, -0.05) is 12.1 Å². The molecule has 1 N–H and O–H groups in total. The molecule has 0 radical (unpaired) electrons. The largest absolute Gasteiger partial charge is 0.419 e. The maximum absolute atomic E-state index is 11.6. The molecule has 0 saturated heterocycles. The van der Waals surface area contributed by atoms with Crippen LogP contribution in [0, 0.1) is 0 Å². The van der Waals surface area contributed by atoms with E-state index in [4.69, 9.17) is 4.42 Å². The van der Waals surface area contributed by atoms with Gasteiger partial charge in [-0.2, -0.15) is 0 Å². The maximum atomic E-state index is 11.6. The molecule has 5 heteroatoms. The standard InChI is InChI=1S/C12H14N2O3/c1-13-11(15)7-4-8-14-9-5-2-3-6-10(9)17-12(14)16/h2-3,5-6H,4,7-8H2,1H3,(H,13,15). The Morgan fingerprint density at radius 3 is 2.94 bits per heavy atom. The second kappa shape index (κ2) is 4.86. The molecule has 0 atom stereocenters. The van der Waals surface area contributed by atoms with Crippen molar-refractivity contribution in [1.82, 2.24) is 9.88 Å². The number of oxazole rings is 1. The van der Waals surface area contributed by atoms with Gasteiger partial charge in [-0.15, -0.1) is 0 Å². The van der Waals surface area contributed by atoms with Crippen molar-refractivity contribution in [3.05, 3.63) is 34.8 Å². The van der Waals surface area contributed by atoms with Crippen LogP contribution < -0.4 is 11.1 Å². The summed E-state index contributed by atoms with van der Waals surface area (Å²) in [5, 5.41) is 2.55. The van der Waals surface area contributed by atoms with Crippen molar-refractivity contribution in [2.24, 2.45) is 0 Å². The van der Waals surface area contributed by atoms with E-state index in [1.807, 2.05) is 18.2 Å². The van der Waals surface area contributed by atoms with Gasteiger partial charge in [0.2, 0.25) is 5.91 Å². The topological polar surface area (TPSA) is 64.2 Å². The molecule has 0 aliphatic heterocycles. The fourth-order valence-corrected chi connectivity index (χ4v) is 1.75. The number of fused-ring (bicyclic) bond motifs is 1. The molecule has 17 heavy (non-hydrogen) atoms. The van der Waals surface area contributed by atoms with Crippen molar-refractivity contribution in [2.75, 3.05) is 7.05 Å². The fraction of sp³-hybridized carbons (Fsp3) is 0.333. The Kier molecular flexibility index (Phi) is 3.27. The van der Waals surface area contributed by atoms with Gasteiger partial charge in [0, 0.05) is 20.0 Å². The zero-order valence-electron chi connectivity index (χ0n) is 9.60. The van der Waals surface area contributed by atoms with E-state index in [-0.39, 0.29) is 11.7 Å². The minimum atomic E-state index is -0.372.